The summed E-state index contributed by atoms with van der Waals surface area (Å²) in [4.78, 5) is 12.5. The van der Waals surface area contributed by atoms with E-state index in [1.54, 1.807) is 50.6 Å². The van der Waals surface area contributed by atoms with E-state index in [0.717, 1.165) is 11.1 Å². The minimum Gasteiger partial charge on any atom is -0.493 e. The van der Waals surface area contributed by atoms with Crippen LogP contribution < -0.4 is 24.7 Å². The van der Waals surface area contributed by atoms with Gasteiger partial charge in [-0.1, -0.05) is 57.2 Å². The summed E-state index contributed by atoms with van der Waals surface area (Å²) in [6, 6.07) is 20.6. The predicted octanol–water partition coefficient (Wildman–Crippen LogP) is 5.84. The SMILES string of the molecule is COc1ccc(C2C(C#N)=C(N)Oc3cc(OC(=O)/C=C/c4ccc(C(C)(C)C)cc4)ccc32)cc1OC. The Morgan fingerprint density at radius 2 is 1.71 bits per heavy atom. The van der Waals surface area contributed by atoms with Gasteiger partial charge < -0.3 is 24.7 Å². The summed E-state index contributed by atoms with van der Waals surface area (Å²) in [7, 11) is 3.10. The van der Waals surface area contributed by atoms with Gasteiger partial charge in [0.2, 0.25) is 5.88 Å². The smallest absolute Gasteiger partial charge is 0.336 e. The number of ether oxygens (including phenoxy) is 4. The lowest BCUT2D eigenvalue weighted by molar-refractivity contribution is -0.128. The summed E-state index contributed by atoms with van der Waals surface area (Å²) in [5.74, 6) is 0.747. The number of hydrogen-bond donors (Lipinski definition) is 1. The highest BCUT2D eigenvalue weighted by molar-refractivity contribution is 5.88. The zero-order valence-corrected chi connectivity index (χ0v) is 22.1. The number of nitrogens with zero attached hydrogens (tertiary/aromatic N) is 1. The Morgan fingerprint density at radius 1 is 1.00 bits per heavy atom. The van der Waals surface area contributed by atoms with Crippen molar-refractivity contribution in [3.63, 3.8) is 0 Å². The minimum absolute atomic E-state index is 0.0122. The lowest BCUT2D eigenvalue weighted by Crippen LogP contribution is -2.21. The highest BCUT2D eigenvalue weighted by Crippen LogP contribution is 2.45. The number of esters is 1. The van der Waals surface area contributed by atoms with Crippen molar-refractivity contribution in [1.29, 1.82) is 5.26 Å². The third-order valence-corrected chi connectivity index (χ3v) is 6.34. The first-order chi connectivity index (χ1) is 18.1. The molecule has 0 amide bonds. The molecule has 0 aromatic heterocycles. The van der Waals surface area contributed by atoms with Gasteiger partial charge >= 0.3 is 5.97 Å². The summed E-state index contributed by atoms with van der Waals surface area (Å²) in [6.45, 7) is 6.45. The molecular formula is C31H30N2O5. The molecule has 1 heterocycles. The average molecular weight is 511 g/mol. The molecule has 38 heavy (non-hydrogen) atoms. The van der Waals surface area contributed by atoms with Crippen LogP contribution in [0.1, 0.15) is 48.9 Å². The second kappa shape index (κ2) is 10.7. The molecule has 194 valence electrons. The molecule has 1 unspecified atom stereocenters. The first-order valence-electron chi connectivity index (χ1n) is 12.1. The van der Waals surface area contributed by atoms with Crippen molar-refractivity contribution in [2.45, 2.75) is 32.1 Å². The monoisotopic (exact) mass is 510 g/mol. The number of fused-ring (bicyclic) bond motifs is 1. The van der Waals surface area contributed by atoms with Crippen LogP contribution in [-0.2, 0) is 10.2 Å². The highest BCUT2D eigenvalue weighted by atomic mass is 16.5. The van der Waals surface area contributed by atoms with Crippen LogP contribution in [0.15, 0.2) is 78.2 Å². The van der Waals surface area contributed by atoms with Crippen molar-refractivity contribution in [3.8, 4) is 29.1 Å². The van der Waals surface area contributed by atoms with E-state index in [9.17, 15) is 10.1 Å². The van der Waals surface area contributed by atoms with Gasteiger partial charge in [0.05, 0.1) is 20.1 Å². The molecule has 0 radical (unpaired) electrons. The molecule has 7 heteroatoms. The third-order valence-electron chi connectivity index (χ3n) is 6.34. The molecule has 1 aliphatic rings. The number of benzene rings is 3. The van der Waals surface area contributed by atoms with E-state index in [4.69, 9.17) is 24.7 Å². The topological polar surface area (TPSA) is 104 Å². The number of nitrogens with two attached hydrogens (primary N) is 1. The maximum Gasteiger partial charge on any atom is 0.336 e. The number of hydrogen-bond acceptors (Lipinski definition) is 7. The number of methoxy groups -OCH3 is 2. The Bertz CT molecular complexity index is 1460. The van der Waals surface area contributed by atoms with E-state index in [2.05, 4.69) is 26.8 Å². The molecule has 7 nitrogen and oxygen atoms in total. The van der Waals surface area contributed by atoms with E-state index >= 15 is 0 Å². The Morgan fingerprint density at radius 3 is 2.34 bits per heavy atom. The fourth-order valence-corrected chi connectivity index (χ4v) is 4.28. The molecular weight excluding hydrogens is 480 g/mol. The molecule has 3 aromatic rings. The predicted molar refractivity (Wildman–Crippen MR) is 145 cm³/mol. The van der Waals surface area contributed by atoms with Gasteiger partial charge in [-0.3, -0.25) is 0 Å². The first kappa shape index (κ1) is 26.4. The van der Waals surface area contributed by atoms with Gasteiger partial charge in [0.1, 0.15) is 23.1 Å². The molecule has 0 fully saturated rings. The summed E-state index contributed by atoms with van der Waals surface area (Å²) in [5.41, 5.74) is 10.0. The molecule has 1 aliphatic heterocycles. The largest absolute Gasteiger partial charge is 0.493 e. The number of allylic oxidation sites excluding steroid dienone is 1. The van der Waals surface area contributed by atoms with E-state index in [-0.39, 0.29) is 16.9 Å². The summed E-state index contributed by atoms with van der Waals surface area (Å²) >= 11 is 0. The summed E-state index contributed by atoms with van der Waals surface area (Å²) < 4.78 is 22.0. The Hall–Kier alpha value is -4.70. The standard InChI is InChI=1S/C31H30N2O5/c1-31(2,3)21-10-6-19(7-11-21)8-15-28(34)37-22-12-13-23-26(17-22)38-30(33)24(18-32)29(23)20-9-14-25(35-4)27(16-20)36-5/h6-17,29H,33H2,1-5H3/b15-8+. The normalized spacial score (nSPS) is 14.9. The molecule has 0 saturated heterocycles. The molecule has 1 atom stereocenters. The molecule has 0 aliphatic carbocycles. The van der Waals surface area contributed by atoms with Crippen LogP contribution in [0.25, 0.3) is 6.08 Å². The van der Waals surface area contributed by atoms with E-state index < -0.39 is 11.9 Å². The van der Waals surface area contributed by atoms with Gasteiger partial charge in [-0.05, 0) is 46.4 Å². The maximum absolute atomic E-state index is 12.5. The molecule has 3 aromatic carbocycles. The quantitative estimate of drug-likeness (QED) is 0.252. The summed E-state index contributed by atoms with van der Waals surface area (Å²) in [5, 5.41) is 9.83. The Labute approximate surface area is 222 Å². The van der Waals surface area contributed by atoms with Gasteiger partial charge in [-0.25, -0.2) is 4.79 Å². The fourth-order valence-electron chi connectivity index (χ4n) is 4.28. The molecule has 2 N–H and O–H groups in total. The maximum atomic E-state index is 12.5. The van der Waals surface area contributed by atoms with Crippen LogP contribution in [0.5, 0.6) is 23.0 Å². The molecule has 0 bridgehead atoms. The lowest BCUT2D eigenvalue weighted by atomic mass is 9.83. The second-order valence-electron chi connectivity index (χ2n) is 9.87. The van der Waals surface area contributed by atoms with Crippen LogP contribution in [0.4, 0.5) is 0 Å². The number of rotatable bonds is 6. The average Bonchev–Trinajstić information content (AvgIpc) is 2.90. The van der Waals surface area contributed by atoms with E-state index in [0.29, 0.717) is 28.6 Å². The summed E-state index contributed by atoms with van der Waals surface area (Å²) in [6.07, 6.45) is 3.08. The number of carbonyl (C=O) groups is 1. The van der Waals surface area contributed by atoms with Gasteiger partial charge in [0.15, 0.2) is 11.5 Å². The van der Waals surface area contributed by atoms with Crippen molar-refractivity contribution in [2.24, 2.45) is 5.73 Å². The molecule has 4 rings (SSSR count). The van der Waals surface area contributed by atoms with Gasteiger partial charge in [0, 0.05) is 17.7 Å². The van der Waals surface area contributed by atoms with E-state index in [1.165, 1.54) is 11.6 Å². The Balaban J connectivity index is 1.57. The van der Waals surface area contributed by atoms with Crippen LogP contribution in [-0.4, -0.2) is 20.2 Å². The van der Waals surface area contributed by atoms with Gasteiger partial charge in [-0.15, -0.1) is 0 Å². The number of carbonyl (C=O) groups excluding carboxylic acids is 1. The zero-order valence-electron chi connectivity index (χ0n) is 22.1. The van der Waals surface area contributed by atoms with Crippen LogP contribution >= 0.6 is 0 Å². The van der Waals surface area contributed by atoms with Crippen molar-refractivity contribution in [2.75, 3.05) is 14.2 Å². The van der Waals surface area contributed by atoms with Crippen molar-refractivity contribution in [3.05, 3.63) is 100 Å². The zero-order chi connectivity index (χ0) is 27.4. The highest BCUT2D eigenvalue weighted by Gasteiger charge is 2.31. The van der Waals surface area contributed by atoms with E-state index in [1.807, 2.05) is 30.3 Å². The van der Waals surface area contributed by atoms with Gasteiger partial charge in [-0.2, -0.15) is 5.26 Å². The lowest BCUT2D eigenvalue weighted by Gasteiger charge is -2.27. The fraction of sp³-hybridized carbons (Fsp3) is 0.226. The van der Waals surface area contributed by atoms with Crippen molar-refractivity contribution < 1.29 is 23.7 Å². The van der Waals surface area contributed by atoms with Crippen molar-refractivity contribution >= 4 is 12.0 Å². The minimum atomic E-state index is -0.529. The van der Waals surface area contributed by atoms with Gasteiger partial charge in [0.25, 0.3) is 0 Å². The van der Waals surface area contributed by atoms with Crippen LogP contribution in [0.2, 0.25) is 0 Å². The number of nitriles is 1. The van der Waals surface area contributed by atoms with Crippen molar-refractivity contribution in [1.82, 2.24) is 0 Å². The second-order valence-corrected chi connectivity index (χ2v) is 9.87. The third kappa shape index (κ3) is 5.50. The first-order valence-corrected chi connectivity index (χ1v) is 12.1. The molecule has 0 saturated carbocycles. The van der Waals surface area contributed by atoms with Crippen LogP contribution in [0, 0.1) is 11.3 Å². The molecule has 0 spiro atoms. The van der Waals surface area contributed by atoms with Crippen LogP contribution in [0.3, 0.4) is 0 Å². The Kier molecular flexibility index (Phi) is 7.45.